The van der Waals surface area contributed by atoms with Gasteiger partial charge >= 0.3 is 0 Å². The molecule has 2 aromatic carbocycles. The highest BCUT2D eigenvalue weighted by molar-refractivity contribution is 7.92. The van der Waals surface area contributed by atoms with Crippen LogP contribution in [0.3, 0.4) is 0 Å². The van der Waals surface area contributed by atoms with Crippen molar-refractivity contribution in [2.24, 2.45) is 5.92 Å². The van der Waals surface area contributed by atoms with Gasteiger partial charge in [-0.25, -0.2) is 8.42 Å². The van der Waals surface area contributed by atoms with Crippen molar-refractivity contribution in [3.8, 4) is 0 Å². The number of hydrogen-bond donors (Lipinski definition) is 0. The minimum Gasteiger partial charge on any atom is -0.331 e. The van der Waals surface area contributed by atoms with Gasteiger partial charge in [0.15, 0.2) is 0 Å². The summed E-state index contributed by atoms with van der Waals surface area (Å²) in [6.45, 7) is 3.17. The van der Waals surface area contributed by atoms with E-state index in [2.05, 4.69) is 6.92 Å². The van der Waals surface area contributed by atoms with Gasteiger partial charge in [-0.1, -0.05) is 30.3 Å². The van der Waals surface area contributed by atoms with E-state index in [0.29, 0.717) is 36.7 Å². The van der Waals surface area contributed by atoms with E-state index in [9.17, 15) is 13.2 Å². The third-order valence-corrected chi connectivity index (χ3v) is 7.01. The fourth-order valence-electron chi connectivity index (χ4n) is 4.03. The van der Waals surface area contributed by atoms with Gasteiger partial charge in [0, 0.05) is 24.7 Å². The predicted molar refractivity (Wildman–Crippen MR) is 111 cm³/mol. The van der Waals surface area contributed by atoms with E-state index in [4.69, 9.17) is 0 Å². The number of carbonyl (C=O) groups is 1. The molecule has 4 rings (SSSR count). The van der Waals surface area contributed by atoms with Gasteiger partial charge < -0.3 is 4.90 Å². The van der Waals surface area contributed by atoms with Crippen molar-refractivity contribution >= 4 is 21.6 Å². The van der Waals surface area contributed by atoms with Crippen LogP contribution in [0.15, 0.2) is 48.5 Å². The second kappa shape index (κ2) is 7.24. The summed E-state index contributed by atoms with van der Waals surface area (Å²) in [5.74, 6) is 0.590. The van der Waals surface area contributed by atoms with Crippen molar-refractivity contribution in [3.05, 3.63) is 65.2 Å². The summed E-state index contributed by atoms with van der Waals surface area (Å²) in [6, 6.07) is 15.7. The van der Waals surface area contributed by atoms with E-state index >= 15 is 0 Å². The molecule has 1 heterocycles. The summed E-state index contributed by atoms with van der Waals surface area (Å²) in [5.41, 5.74) is 3.38. The summed E-state index contributed by atoms with van der Waals surface area (Å²) in [7, 11) is -3.28. The molecule has 1 saturated carbocycles. The number of anilines is 1. The van der Waals surface area contributed by atoms with Gasteiger partial charge in [0.1, 0.15) is 0 Å². The molecule has 0 bridgehead atoms. The maximum atomic E-state index is 13.4. The fourth-order valence-corrected chi connectivity index (χ4v) is 4.99. The van der Waals surface area contributed by atoms with Gasteiger partial charge in [0.05, 0.1) is 11.9 Å². The van der Waals surface area contributed by atoms with Crippen LogP contribution in [0.25, 0.3) is 0 Å². The lowest BCUT2D eigenvalue weighted by Crippen LogP contribution is -2.39. The molecule has 0 radical (unpaired) electrons. The molecule has 2 aliphatic rings. The maximum Gasteiger partial charge on any atom is 0.254 e. The number of sulfonamides is 1. The van der Waals surface area contributed by atoms with Gasteiger partial charge in [-0.3, -0.25) is 9.10 Å². The summed E-state index contributed by atoms with van der Waals surface area (Å²) >= 11 is 0. The molecule has 28 heavy (non-hydrogen) atoms. The van der Waals surface area contributed by atoms with Gasteiger partial charge in [0.25, 0.3) is 5.91 Å². The largest absolute Gasteiger partial charge is 0.331 e. The zero-order valence-corrected chi connectivity index (χ0v) is 17.2. The van der Waals surface area contributed by atoms with Crippen LogP contribution >= 0.6 is 0 Å². The normalized spacial score (nSPS) is 17.3. The van der Waals surface area contributed by atoms with Crippen molar-refractivity contribution in [1.82, 2.24) is 4.90 Å². The van der Waals surface area contributed by atoms with E-state index < -0.39 is 10.0 Å². The van der Waals surface area contributed by atoms with E-state index in [-0.39, 0.29) is 11.9 Å². The average molecular weight is 399 g/mol. The molecule has 6 heteroatoms. The van der Waals surface area contributed by atoms with Crippen LogP contribution in [0.1, 0.15) is 41.3 Å². The predicted octanol–water partition coefficient (Wildman–Crippen LogP) is 3.45. The highest BCUT2D eigenvalue weighted by Crippen LogP contribution is 2.37. The monoisotopic (exact) mass is 398 g/mol. The number of benzene rings is 2. The third-order valence-electron chi connectivity index (χ3n) is 5.83. The first-order chi connectivity index (χ1) is 13.3. The van der Waals surface area contributed by atoms with Crippen LogP contribution in [-0.2, 0) is 23.0 Å². The van der Waals surface area contributed by atoms with Crippen LogP contribution in [-0.4, -0.2) is 38.1 Å². The second-order valence-corrected chi connectivity index (χ2v) is 9.83. The summed E-state index contributed by atoms with van der Waals surface area (Å²) in [4.78, 5) is 15.4. The molecule has 1 fully saturated rings. The van der Waals surface area contributed by atoms with Crippen LogP contribution in [0.2, 0.25) is 0 Å². The van der Waals surface area contributed by atoms with Crippen molar-refractivity contribution in [3.63, 3.8) is 0 Å². The first-order valence-electron chi connectivity index (χ1n) is 9.80. The molecular weight excluding hydrogens is 372 g/mol. The molecule has 0 N–H and O–H groups in total. The number of hydrogen-bond acceptors (Lipinski definition) is 3. The first-order valence-corrected chi connectivity index (χ1v) is 11.6. The average Bonchev–Trinajstić information content (AvgIpc) is 3.43. The van der Waals surface area contributed by atoms with E-state index in [0.717, 1.165) is 11.1 Å². The van der Waals surface area contributed by atoms with E-state index in [1.54, 1.807) is 12.1 Å². The zero-order chi connectivity index (χ0) is 19.9. The Bertz CT molecular complexity index is 984. The summed E-state index contributed by atoms with van der Waals surface area (Å²) in [5, 5.41) is 0. The highest BCUT2D eigenvalue weighted by Gasteiger charge is 2.35. The lowest BCUT2D eigenvalue weighted by atomic mass is 10.0. The van der Waals surface area contributed by atoms with Crippen LogP contribution in [0.5, 0.6) is 0 Å². The van der Waals surface area contributed by atoms with E-state index in [1.807, 2.05) is 41.3 Å². The Kier molecular flexibility index (Phi) is 4.91. The lowest BCUT2D eigenvalue weighted by molar-refractivity contribution is 0.0654. The number of fused-ring (bicyclic) bond motifs is 1. The molecule has 1 unspecified atom stereocenters. The minimum atomic E-state index is -3.28. The molecule has 5 nitrogen and oxygen atoms in total. The minimum absolute atomic E-state index is 0.0175. The molecule has 2 aromatic rings. The Balaban J connectivity index is 1.62. The Morgan fingerprint density at radius 2 is 1.89 bits per heavy atom. The van der Waals surface area contributed by atoms with Crippen molar-refractivity contribution in [1.29, 1.82) is 0 Å². The number of amides is 1. The summed E-state index contributed by atoms with van der Waals surface area (Å²) in [6.07, 6.45) is 4.21. The molecule has 0 saturated heterocycles. The lowest BCUT2D eigenvalue weighted by Gasteiger charge is -2.30. The second-order valence-electron chi connectivity index (χ2n) is 7.93. The fraction of sp³-hybridized carbons (Fsp3) is 0.409. The topological polar surface area (TPSA) is 57.7 Å². The highest BCUT2D eigenvalue weighted by atomic mass is 32.2. The van der Waals surface area contributed by atoms with E-state index in [1.165, 1.54) is 23.4 Å². The van der Waals surface area contributed by atoms with Crippen molar-refractivity contribution in [2.45, 2.75) is 38.8 Å². The Labute approximate surface area is 167 Å². The number of nitrogens with zero attached hydrogens (tertiary/aromatic N) is 2. The molecular formula is C22H26N2O3S. The Hall–Kier alpha value is -2.34. The number of rotatable bonds is 6. The summed E-state index contributed by atoms with van der Waals surface area (Å²) < 4.78 is 25.3. The van der Waals surface area contributed by atoms with Gasteiger partial charge in [-0.2, -0.15) is 0 Å². The molecule has 1 aliphatic carbocycles. The third kappa shape index (κ3) is 3.78. The maximum absolute atomic E-state index is 13.4. The van der Waals surface area contributed by atoms with Crippen LogP contribution < -0.4 is 4.31 Å². The Morgan fingerprint density at radius 1 is 1.18 bits per heavy atom. The SMILES string of the molecule is CC(C1CC1)N(Cc1ccccc1)C(=O)c1ccc2c(c1)CCN2S(C)(=O)=O. The zero-order valence-electron chi connectivity index (χ0n) is 16.3. The van der Waals surface area contributed by atoms with Crippen LogP contribution in [0.4, 0.5) is 5.69 Å². The van der Waals surface area contributed by atoms with Gasteiger partial charge in [-0.15, -0.1) is 0 Å². The first kappa shape index (κ1) is 19.0. The van der Waals surface area contributed by atoms with Crippen molar-refractivity contribution in [2.75, 3.05) is 17.1 Å². The molecule has 0 aromatic heterocycles. The van der Waals surface area contributed by atoms with Gasteiger partial charge in [-0.05, 0) is 61.4 Å². The molecule has 148 valence electrons. The quantitative estimate of drug-likeness (QED) is 0.749. The smallest absolute Gasteiger partial charge is 0.254 e. The van der Waals surface area contributed by atoms with Gasteiger partial charge in [0.2, 0.25) is 10.0 Å². The van der Waals surface area contributed by atoms with Crippen LogP contribution in [0, 0.1) is 5.92 Å². The number of carbonyl (C=O) groups excluding carboxylic acids is 1. The Morgan fingerprint density at radius 3 is 2.54 bits per heavy atom. The molecule has 1 atom stereocenters. The molecule has 1 amide bonds. The standard InChI is InChI=1S/C22H26N2O3S/c1-16(18-8-9-18)23(15-17-6-4-3-5-7-17)22(25)20-10-11-21-19(14-20)12-13-24(21)28(2,26)27/h3-7,10-11,14,16,18H,8-9,12-13,15H2,1-2H3. The van der Waals surface area contributed by atoms with Crippen molar-refractivity contribution < 1.29 is 13.2 Å². The molecule has 1 aliphatic heterocycles. The molecule has 0 spiro atoms.